The van der Waals surface area contributed by atoms with E-state index in [4.69, 9.17) is 0 Å². The first-order chi connectivity index (χ1) is 8.94. The van der Waals surface area contributed by atoms with Gasteiger partial charge in [-0.25, -0.2) is 4.68 Å². The maximum atomic E-state index is 11.8. The largest absolute Gasteiger partial charge is 0.411 e. The Morgan fingerprint density at radius 2 is 2.21 bits per heavy atom. The quantitative estimate of drug-likeness (QED) is 0.798. The van der Waals surface area contributed by atoms with Gasteiger partial charge in [-0.2, -0.15) is 18.3 Å². The molecule has 1 aliphatic carbocycles. The molecule has 0 saturated heterocycles. The fraction of sp³-hybridized carbons (Fsp3) is 0.636. The van der Waals surface area contributed by atoms with Crippen molar-refractivity contribution < 1.29 is 17.9 Å². The molecule has 1 aliphatic rings. The number of anilines is 1. The van der Waals surface area contributed by atoms with E-state index < -0.39 is 12.8 Å². The van der Waals surface area contributed by atoms with Crippen LogP contribution in [0.1, 0.15) is 12.8 Å². The highest BCUT2D eigenvalue weighted by molar-refractivity contribution is 5.41. The van der Waals surface area contributed by atoms with Crippen LogP contribution < -0.4 is 10.9 Å². The molecule has 0 bridgehead atoms. The molecule has 1 fully saturated rings. The van der Waals surface area contributed by atoms with Crippen molar-refractivity contribution in [2.75, 3.05) is 18.5 Å². The summed E-state index contributed by atoms with van der Waals surface area (Å²) in [6.07, 6.45) is -0.706. The van der Waals surface area contributed by atoms with Gasteiger partial charge in [0.1, 0.15) is 6.61 Å². The van der Waals surface area contributed by atoms with Gasteiger partial charge in [0.15, 0.2) is 0 Å². The zero-order chi connectivity index (χ0) is 13.9. The van der Waals surface area contributed by atoms with Crippen molar-refractivity contribution in [1.29, 1.82) is 0 Å². The molecule has 0 atom stereocenters. The Morgan fingerprint density at radius 3 is 2.79 bits per heavy atom. The van der Waals surface area contributed by atoms with Crippen molar-refractivity contribution >= 4 is 5.69 Å². The second kappa shape index (κ2) is 5.60. The van der Waals surface area contributed by atoms with Gasteiger partial charge in [0, 0.05) is 12.1 Å². The van der Waals surface area contributed by atoms with Crippen LogP contribution in [0.25, 0.3) is 0 Å². The van der Waals surface area contributed by atoms with Gasteiger partial charge in [-0.1, -0.05) is 0 Å². The smallest absolute Gasteiger partial charge is 0.381 e. The molecule has 1 saturated carbocycles. The summed E-state index contributed by atoms with van der Waals surface area (Å²) in [5, 5.41) is 6.99. The van der Waals surface area contributed by atoms with E-state index in [0.717, 1.165) is 17.5 Å². The zero-order valence-corrected chi connectivity index (χ0v) is 10.1. The number of rotatable bonds is 6. The lowest BCUT2D eigenvalue weighted by Gasteiger charge is -2.09. The summed E-state index contributed by atoms with van der Waals surface area (Å²) in [6.45, 7) is -1.52. The molecule has 5 nitrogen and oxygen atoms in total. The summed E-state index contributed by atoms with van der Waals surface area (Å²) in [7, 11) is 0. The molecule has 0 amide bonds. The number of nitrogens with one attached hydrogen (secondary N) is 1. The molecule has 0 radical (unpaired) electrons. The van der Waals surface area contributed by atoms with Crippen molar-refractivity contribution in [3.8, 4) is 0 Å². The van der Waals surface area contributed by atoms with Crippen LogP contribution in [-0.2, 0) is 11.3 Å². The van der Waals surface area contributed by atoms with Crippen LogP contribution in [0, 0.1) is 0 Å². The Labute approximate surface area is 107 Å². The molecule has 1 heterocycles. The first-order valence-electron chi connectivity index (χ1n) is 5.92. The molecule has 1 aromatic rings. The molecule has 0 spiro atoms. The predicted octanol–water partition coefficient (Wildman–Crippen LogP) is 1.40. The lowest BCUT2D eigenvalue weighted by molar-refractivity contribution is -0.174. The molecule has 8 heteroatoms. The SMILES string of the molecule is O=c1cc(NC2CC2)cnn1CCOCC(F)(F)F. The average Bonchev–Trinajstić information content (AvgIpc) is 3.09. The lowest BCUT2D eigenvalue weighted by Crippen LogP contribution is -2.26. The maximum absolute atomic E-state index is 11.8. The Hall–Kier alpha value is -1.57. The summed E-state index contributed by atoms with van der Waals surface area (Å²) >= 11 is 0. The van der Waals surface area contributed by atoms with Crippen molar-refractivity contribution in [2.24, 2.45) is 0 Å². The van der Waals surface area contributed by atoms with E-state index >= 15 is 0 Å². The van der Waals surface area contributed by atoms with Crippen LogP contribution in [0.4, 0.5) is 18.9 Å². The molecule has 0 aromatic carbocycles. The molecular formula is C11H14F3N3O2. The van der Waals surface area contributed by atoms with Crippen LogP contribution in [0.5, 0.6) is 0 Å². The standard InChI is InChI=1S/C11H14F3N3O2/c12-11(13,14)7-19-4-3-17-10(18)5-9(6-15-17)16-8-1-2-8/h5-6,8,16H,1-4,7H2. The van der Waals surface area contributed by atoms with E-state index in [0.29, 0.717) is 11.7 Å². The average molecular weight is 277 g/mol. The summed E-state index contributed by atoms with van der Waals surface area (Å²) in [4.78, 5) is 11.6. The van der Waals surface area contributed by atoms with Gasteiger partial charge in [-0.05, 0) is 12.8 Å². The highest BCUT2D eigenvalue weighted by atomic mass is 19.4. The highest BCUT2D eigenvalue weighted by Gasteiger charge is 2.27. The van der Waals surface area contributed by atoms with Gasteiger partial charge >= 0.3 is 6.18 Å². The molecule has 1 aromatic heterocycles. The third-order valence-electron chi connectivity index (χ3n) is 2.53. The predicted molar refractivity (Wildman–Crippen MR) is 62.0 cm³/mol. The number of hydrogen-bond acceptors (Lipinski definition) is 4. The minimum absolute atomic E-state index is 0.00137. The van der Waals surface area contributed by atoms with Crippen LogP contribution in [-0.4, -0.2) is 35.2 Å². The molecular weight excluding hydrogens is 263 g/mol. The Bertz CT molecular complexity index is 483. The second-order valence-electron chi connectivity index (χ2n) is 4.39. The number of halogens is 3. The summed E-state index contributed by atoms with van der Waals surface area (Å²) in [6, 6.07) is 1.79. The third kappa shape index (κ3) is 4.90. The van der Waals surface area contributed by atoms with E-state index in [-0.39, 0.29) is 18.7 Å². The van der Waals surface area contributed by atoms with E-state index in [9.17, 15) is 18.0 Å². The molecule has 1 N–H and O–H groups in total. The monoisotopic (exact) mass is 277 g/mol. The van der Waals surface area contributed by atoms with Crippen LogP contribution >= 0.6 is 0 Å². The van der Waals surface area contributed by atoms with Crippen LogP contribution in [0.3, 0.4) is 0 Å². The topological polar surface area (TPSA) is 56.2 Å². The summed E-state index contributed by atoms with van der Waals surface area (Å²) in [5.41, 5.74) is 0.279. The Balaban J connectivity index is 1.81. The fourth-order valence-electron chi connectivity index (χ4n) is 1.48. The van der Waals surface area contributed by atoms with Gasteiger partial charge in [-0.15, -0.1) is 0 Å². The second-order valence-corrected chi connectivity index (χ2v) is 4.39. The van der Waals surface area contributed by atoms with Crippen molar-refractivity contribution in [3.05, 3.63) is 22.6 Å². The summed E-state index contributed by atoms with van der Waals surface area (Å²) in [5.74, 6) is 0. The third-order valence-corrected chi connectivity index (χ3v) is 2.53. The number of ether oxygens (including phenoxy) is 1. The maximum Gasteiger partial charge on any atom is 0.411 e. The molecule has 106 valence electrons. The summed E-state index contributed by atoms with van der Waals surface area (Å²) < 4.78 is 41.0. The van der Waals surface area contributed by atoms with Gasteiger partial charge in [0.25, 0.3) is 5.56 Å². The molecule has 0 unspecified atom stereocenters. The zero-order valence-electron chi connectivity index (χ0n) is 10.1. The van der Waals surface area contributed by atoms with E-state index in [1.165, 1.54) is 12.3 Å². The van der Waals surface area contributed by atoms with Gasteiger partial charge in [0.2, 0.25) is 0 Å². The van der Waals surface area contributed by atoms with Crippen LogP contribution in [0.15, 0.2) is 17.1 Å². The minimum Gasteiger partial charge on any atom is -0.381 e. The molecule has 2 rings (SSSR count). The normalized spacial score (nSPS) is 15.5. The Morgan fingerprint density at radius 1 is 1.47 bits per heavy atom. The van der Waals surface area contributed by atoms with E-state index in [1.54, 1.807) is 0 Å². The molecule has 0 aliphatic heterocycles. The highest BCUT2D eigenvalue weighted by Crippen LogP contribution is 2.23. The minimum atomic E-state index is -4.35. The first-order valence-corrected chi connectivity index (χ1v) is 5.92. The van der Waals surface area contributed by atoms with Crippen molar-refractivity contribution in [2.45, 2.75) is 31.6 Å². The van der Waals surface area contributed by atoms with Crippen molar-refractivity contribution in [1.82, 2.24) is 9.78 Å². The van der Waals surface area contributed by atoms with E-state index in [2.05, 4.69) is 15.2 Å². The molecule has 19 heavy (non-hydrogen) atoms. The Kier molecular flexibility index (Phi) is 4.08. The van der Waals surface area contributed by atoms with Crippen LogP contribution in [0.2, 0.25) is 0 Å². The first kappa shape index (κ1) is 13.9. The number of alkyl halides is 3. The van der Waals surface area contributed by atoms with E-state index in [1.807, 2.05) is 0 Å². The fourth-order valence-corrected chi connectivity index (χ4v) is 1.48. The van der Waals surface area contributed by atoms with Gasteiger partial charge in [0.05, 0.1) is 25.0 Å². The van der Waals surface area contributed by atoms with Crippen molar-refractivity contribution in [3.63, 3.8) is 0 Å². The lowest BCUT2D eigenvalue weighted by atomic mass is 10.4. The number of nitrogens with zero attached hydrogens (tertiary/aromatic N) is 2. The van der Waals surface area contributed by atoms with Gasteiger partial charge in [-0.3, -0.25) is 4.79 Å². The number of hydrogen-bond donors (Lipinski definition) is 1. The number of aromatic nitrogens is 2. The van der Waals surface area contributed by atoms with Gasteiger partial charge < -0.3 is 10.1 Å².